The maximum absolute atomic E-state index is 11.6. The van der Waals surface area contributed by atoms with Gasteiger partial charge in [0.15, 0.2) is 0 Å². The van der Waals surface area contributed by atoms with E-state index in [1.807, 2.05) is 12.1 Å². The number of nitrogens with zero attached hydrogens (tertiary/aromatic N) is 1. The zero-order valence-electron chi connectivity index (χ0n) is 9.30. The van der Waals surface area contributed by atoms with Gasteiger partial charge < -0.3 is 5.11 Å². The Morgan fingerprint density at radius 1 is 1.29 bits per heavy atom. The Labute approximate surface area is 99.5 Å². The lowest BCUT2D eigenvalue weighted by molar-refractivity contribution is -0.146. The highest BCUT2D eigenvalue weighted by atomic mass is 16.4. The molecule has 0 aliphatic heterocycles. The van der Waals surface area contributed by atoms with Crippen molar-refractivity contribution in [3.63, 3.8) is 0 Å². The largest absolute Gasteiger partial charge is 0.481 e. The Kier molecular flexibility index (Phi) is 4.89. The highest BCUT2D eigenvalue weighted by molar-refractivity contribution is 5.98. The molecular formula is C13H13NO3. The minimum atomic E-state index is -1.13. The van der Waals surface area contributed by atoms with Crippen LogP contribution in [0.25, 0.3) is 0 Å². The summed E-state index contributed by atoms with van der Waals surface area (Å²) in [5.74, 6) is -2.56. The molecule has 17 heavy (non-hydrogen) atoms. The summed E-state index contributed by atoms with van der Waals surface area (Å²) in [5.41, 5.74) is 0.810. The SMILES string of the molecule is N#CCCC(=O)C(Cc1ccccc1)C(=O)O. The molecule has 0 fully saturated rings. The van der Waals surface area contributed by atoms with E-state index < -0.39 is 11.9 Å². The van der Waals surface area contributed by atoms with Crippen LogP contribution in [0.5, 0.6) is 0 Å². The molecule has 0 saturated carbocycles. The number of nitriles is 1. The first-order chi connectivity index (χ1) is 8.15. The van der Waals surface area contributed by atoms with Crippen LogP contribution in [0.4, 0.5) is 0 Å². The van der Waals surface area contributed by atoms with E-state index in [0.29, 0.717) is 0 Å². The van der Waals surface area contributed by atoms with Crippen LogP contribution in [0.3, 0.4) is 0 Å². The van der Waals surface area contributed by atoms with E-state index in [1.165, 1.54) is 0 Å². The lowest BCUT2D eigenvalue weighted by Gasteiger charge is -2.10. The maximum atomic E-state index is 11.6. The van der Waals surface area contributed by atoms with Crippen molar-refractivity contribution in [3.8, 4) is 6.07 Å². The number of carbonyl (C=O) groups excluding carboxylic acids is 1. The van der Waals surface area contributed by atoms with Gasteiger partial charge in [-0.2, -0.15) is 5.26 Å². The van der Waals surface area contributed by atoms with Crippen LogP contribution in [0.2, 0.25) is 0 Å². The van der Waals surface area contributed by atoms with Gasteiger partial charge in [-0.25, -0.2) is 0 Å². The van der Waals surface area contributed by atoms with E-state index in [1.54, 1.807) is 24.3 Å². The van der Waals surface area contributed by atoms with E-state index in [9.17, 15) is 9.59 Å². The predicted octanol–water partition coefficient (Wildman–Crippen LogP) is 1.80. The van der Waals surface area contributed by atoms with Gasteiger partial charge in [0.1, 0.15) is 11.7 Å². The molecule has 1 aromatic rings. The normalized spacial score (nSPS) is 11.5. The number of aliphatic carboxylic acids is 1. The summed E-state index contributed by atoms with van der Waals surface area (Å²) in [5, 5.41) is 17.4. The third-order valence-electron chi connectivity index (χ3n) is 2.45. The number of hydrogen-bond acceptors (Lipinski definition) is 3. The van der Waals surface area contributed by atoms with Gasteiger partial charge in [-0.15, -0.1) is 0 Å². The molecule has 1 atom stereocenters. The molecule has 1 rings (SSSR count). The van der Waals surface area contributed by atoms with Crippen molar-refractivity contribution >= 4 is 11.8 Å². The van der Waals surface area contributed by atoms with E-state index in [4.69, 9.17) is 10.4 Å². The molecule has 1 unspecified atom stereocenters. The van der Waals surface area contributed by atoms with Crippen LogP contribution >= 0.6 is 0 Å². The van der Waals surface area contributed by atoms with Gasteiger partial charge in [-0.1, -0.05) is 30.3 Å². The fourth-order valence-electron chi connectivity index (χ4n) is 1.54. The maximum Gasteiger partial charge on any atom is 0.314 e. The second-order valence-electron chi connectivity index (χ2n) is 3.70. The molecule has 0 aromatic heterocycles. The van der Waals surface area contributed by atoms with Crippen LogP contribution in [-0.2, 0) is 16.0 Å². The first-order valence-corrected chi connectivity index (χ1v) is 5.31. The minimum Gasteiger partial charge on any atom is -0.481 e. The Morgan fingerprint density at radius 2 is 1.94 bits per heavy atom. The Hall–Kier alpha value is -2.15. The topological polar surface area (TPSA) is 78.2 Å². The zero-order valence-corrected chi connectivity index (χ0v) is 9.30. The molecular weight excluding hydrogens is 218 g/mol. The lowest BCUT2D eigenvalue weighted by Crippen LogP contribution is -2.25. The van der Waals surface area contributed by atoms with Gasteiger partial charge in [0.25, 0.3) is 0 Å². The van der Waals surface area contributed by atoms with Crippen molar-refractivity contribution in [3.05, 3.63) is 35.9 Å². The van der Waals surface area contributed by atoms with E-state index in [0.717, 1.165) is 5.56 Å². The van der Waals surface area contributed by atoms with E-state index in [2.05, 4.69) is 0 Å². The number of rotatable bonds is 6. The average Bonchev–Trinajstić information content (AvgIpc) is 2.34. The summed E-state index contributed by atoms with van der Waals surface area (Å²) in [7, 11) is 0. The van der Waals surface area contributed by atoms with Crippen molar-refractivity contribution in [1.29, 1.82) is 5.26 Å². The highest BCUT2D eigenvalue weighted by Crippen LogP contribution is 2.12. The number of carboxylic acids is 1. The summed E-state index contributed by atoms with van der Waals surface area (Å²) in [6.45, 7) is 0. The monoisotopic (exact) mass is 231 g/mol. The number of ketones is 1. The molecule has 0 amide bonds. The van der Waals surface area contributed by atoms with Gasteiger partial charge >= 0.3 is 5.97 Å². The summed E-state index contributed by atoms with van der Waals surface area (Å²) >= 11 is 0. The molecule has 1 N–H and O–H groups in total. The third-order valence-corrected chi connectivity index (χ3v) is 2.45. The first kappa shape index (κ1) is 12.9. The van der Waals surface area contributed by atoms with Gasteiger partial charge in [0.2, 0.25) is 0 Å². The van der Waals surface area contributed by atoms with Crippen molar-refractivity contribution in [2.75, 3.05) is 0 Å². The Bertz CT molecular complexity index is 434. The molecule has 1 aromatic carbocycles. The number of carbonyl (C=O) groups is 2. The van der Waals surface area contributed by atoms with Gasteiger partial charge in [0.05, 0.1) is 6.07 Å². The molecule has 0 radical (unpaired) electrons. The summed E-state index contributed by atoms with van der Waals surface area (Å²) < 4.78 is 0. The molecule has 4 heteroatoms. The fourth-order valence-corrected chi connectivity index (χ4v) is 1.54. The van der Waals surface area contributed by atoms with Crippen molar-refractivity contribution in [2.24, 2.45) is 5.92 Å². The molecule has 88 valence electrons. The van der Waals surface area contributed by atoms with Crippen molar-refractivity contribution in [2.45, 2.75) is 19.3 Å². The second kappa shape index (κ2) is 6.44. The van der Waals surface area contributed by atoms with Crippen LogP contribution in [0.15, 0.2) is 30.3 Å². The number of carboxylic acid groups (broad SMARTS) is 1. The number of Topliss-reactive ketones (excluding diaryl/α,β-unsaturated/α-hetero) is 1. The van der Waals surface area contributed by atoms with Crippen LogP contribution in [0, 0.1) is 17.2 Å². The molecule has 0 saturated heterocycles. The average molecular weight is 231 g/mol. The molecule has 0 aliphatic carbocycles. The Balaban J connectivity index is 2.71. The summed E-state index contributed by atoms with van der Waals surface area (Å²) in [4.78, 5) is 22.6. The quantitative estimate of drug-likeness (QED) is 0.757. The molecule has 0 aliphatic rings. The lowest BCUT2D eigenvalue weighted by atomic mass is 9.93. The number of hydrogen-bond donors (Lipinski definition) is 1. The summed E-state index contributed by atoms with van der Waals surface area (Å²) in [6.07, 6.45) is 0.248. The van der Waals surface area contributed by atoms with E-state index in [-0.39, 0.29) is 25.0 Å². The standard InChI is InChI=1S/C13H13NO3/c14-8-4-7-12(15)11(13(16)17)9-10-5-2-1-3-6-10/h1-3,5-6,11H,4,7,9H2,(H,16,17). The molecule has 4 nitrogen and oxygen atoms in total. The van der Waals surface area contributed by atoms with Gasteiger partial charge in [-0.3, -0.25) is 9.59 Å². The van der Waals surface area contributed by atoms with Crippen LogP contribution < -0.4 is 0 Å². The summed E-state index contributed by atoms with van der Waals surface area (Å²) in [6, 6.07) is 10.8. The number of benzene rings is 1. The van der Waals surface area contributed by atoms with Gasteiger partial charge in [-0.05, 0) is 12.0 Å². The first-order valence-electron chi connectivity index (χ1n) is 5.31. The van der Waals surface area contributed by atoms with Crippen molar-refractivity contribution < 1.29 is 14.7 Å². The minimum absolute atomic E-state index is 0.000298. The van der Waals surface area contributed by atoms with E-state index >= 15 is 0 Å². The second-order valence-corrected chi connectivity index (χ2v) is 3.70. The molecule has 0 bridgehead atoms. The molecule has 0 heterocycles. The molecule has 0 spiro atoms. The smallest absolute Gasteiger partial charge is 0.314 e. The van der Waals surface area contributed by atoms with Crippen LogP contribution in [0.1, 0.15) is 18.4 Å². The predicted molar refractivity (Wildman–Crippen MR) is 61.1 cm³/mol. The Morgan fingerprint density at radius 3 is 2.47 bits per heavy atom. The highest BCUT2D eigenvalue weighted by Gasteiger charge is 2.25. The zero-order chi connectivity index (χ0) is 12.7. The van der Waals surface area contributed by atoms with Gasteiger partial charge in [0, 0.05) is 12.8 Å². The third kappa shape index (κ3) is 4.07. The van der Waals surface area contributed by atoms with Crippen LogP contribution in [-0.4, -0.2) is 16.9 Å². The fraction of sp³-hybridized carbons (Fsp3) is 0.308. The van der Waals surface area contributed by atoms with Crippen molar-refractivity contribution in [1.82, 2.24) is 0 Å².